The van der Waals surface area contributed by atoms with Crippen LogP contribution in [0.15, 0.2) is 0 Å². The maximum Gasteiger partial charge on any atom is 0.222 e. The van der Waals surface area contributed by atoms with E-state index in [0.717, 1.165) is 18.9 Å². The largest absolute Gasteiger partial charge is 0.345 e. The molecular weight excluding hydrogens is 138 g/mol. The van der Waals surface area contributed by atoms with E-state index in [1.807, 2.05) is 11.9 Å². The summed E-state index contributed by atoms with van der Waals surface area (Å²) in [6.45, 7) is 5.39. The molecule has 1 atom stereocenters. The van der Waals surface area contributed by atoms with Crippen molar-refractivity contribution in [3.05, 3.63) is 0 Å². The van der Waals surface area contributed by atoms with Gasteiger partial charge < -0.3 is 4.90 Å². The minimum atomic E-state index is 0.315. The number of rotatable bonds is 2. The number of carbonyl (C=O) groups excluding carboxylic acids is 1. The van der Waals surface area contributed by atoms with Gasteiger partial charge in [0.15, 0.2) is 0 Å². The van der Waals surface area contributed by atoms with Gasteiger partial charge >= 0.3 is 0 Å². The van der Waals surface area contributed by atoms with E-state index in [1.54, 1.807) is 0 Å². The molecule has 1 aliphatic heterocycles. The van der Waals surface area contributed by atoms with Crippen molar-refractivity contribution in [2.75, 3.05) is 13.6 Å². The Morgan fingerprint density at radius 1 is 1.64 bits per heavy atom. The minimum absolute atomic E-state index is 0.315. The van der Waals surface area contributed by atoms with Crippen LogP contribution >= 0.6 is 0 Å². The standard InChI is InChI=1S/C9H17NO/c1-7(2)4-8-5-9(11)10(3)6-8/h7-8H,4-6H2,1-3H3/t8-/m0/s1. The Morgan fingerprint density at radius 2 is 2.27 bits per heavy atom. The predicted molar refractivity (Wildman–Crippen MR) is 45.2 cm³/mol. The van der Waals surface area contributed by atoms with Crippen LogP contribution in [-0.2, 0) is 4.79 Å². The lowest BCUT2D eigenvalue weighted by atomic mass is 9.96. The van der Waals surface area contributed by atoms with Gasteiger partial charge in [-0.1, -0.05) is 13.8 Å². The Kier molecular flexibility index (Phi) is 2.53. The van der Waals surface area contributed by atoms with E-state index in [2.05, 4.69) is 13.8 Å². The fourth-order valence-corrected chi connectivity index (χ4v) is 1.78. The highest BCUT2D eigenvalue weighted by molar-refractivity contribution is 5.78. The van der Waals surface area contributed by atoms with Gasteiger partial charge in [0.1, 0.15) is 0 Å². The third-order valence-corrected chi connectivity index (χ3v) is 2.23. The molecule has 64 valence electrons. The molecular formula is C9H17NO. The van der Waals surface area contributed by atoms with E-state index in [9.17, 15) is 4.79 Å². The van der Waals surface area contributed by atoms with Gasteiger partial charge in [0.05, 0.1) is 0 Å². The van der Waals surface area contributed by atoms with Crippen LogP contribution in [0.1, 0.15) is 26.7 Å². The first-order valence-corrected chi connectivity index (χ1v) is 4.33. The van der Waals surface area contributed by atoms with Crippen LogP contribution < -0.4 is 0 Å². The molecule has 0 unspecified atom stereocenters. The first-order chi connectivity index (χ1) is 5.09. The summed E-state index contributed by atoms with van der Waals surface area (Å²) in [4.78, 5) is 12.9. The molecule has 2 heteroatoms. The van der Waals surface area contributed by atoms with Crippen molar-refractivity contribution in [3.8, 4) is 0 Å². The van der Waals surface area contributed by atoms with Crippen molar-refractivity contribution in [2.24, 2.45) is 11.8 Å². The third kappa shape index (κ3) is 2.21. The van der Waals surface area contributed by atoms with Crippen molar-refractivity contribution in [1.82, 2.24) is 4.90 Å². The average Bonchev–Trinajstić information content (AvgIpc) is 2.10. The number of amides is 1. The highest BCUT2D eigenvalue weighted by atomic mass is 16.2. The summed E-state index contributed by atoms with van der Waals surface area (Å²) in [5.74, 6) is 1.66. The van der Waals surface area contributed by atoms with Crippen molar-refractivity contribution < 1.29 is 4.79 Å². The summed E-state index contributed by atoms with van der Waals surface area (Å²) >= 11 is 0. The van der Waals surface area contributed by atoms with Gasteiger partial charge in [-0.3, -0.25) is 4.79 Å². The highest BCUT2D eigenvalue weighted by Crippen LogP contribution is 2.22. The van der Waals surface area contributed by atoms with Gasteiger partial charge in [-0.25, -0.2) is 0 Å². The Bertz CT molecular complexity index is 154. The zero-order valence-electron chi connectivity index (χ0n) is 7.63. The molecule has 1 amide bonds. The number of hydrogen-bond acceptors (Lipinski definition) is 1. The molecule has 0 spiro atoms. The SMILES string of the molecule is CC(C)C[C@H]1CC(=O)N(C)C1. The average molecular weight is 155 g/mol. The van der Waals surface area contributed by atoms with E-state index >= 15 is 0 Å². The molecule has 1 fully saturated rings. The van der Waals surface area contributed by atoms with Crippen molar-refractivity contribution in [3.63, 3.8) is 0 Å². The zero-order valence-corrected chi connectivity index (χ0v) is 7.63. The third-order valence-electron chi connectivity index (χ3n) is 2.23. The van der Waals surface area contributed by atoms with E-state index in [4.69, 9.17) is 0 Å². The highest BCUT2D eigenvalue weighted by Gasteiger charge is 2.26. The summed E-state index contributed by atoms with van der Waals surface area (Å²) in [5.41, 5.74) is 0. The van der Waals surface area contributed by atoms with Crippen LogP contribution in [0.3, 0.4) is 0 Å². The van der Waals surface area contributed by atoms with Gasteiger partial charge in [0.25, 0.3) is 0 Å². The lowest BCUT2D eigenvalue weighted by Crippen LogP contribution is -2.19. The molecule has 1 saturated heterocycles. The van der Waals surface area contributed by atoms with Crippen LogP contribution in [0.2, 0.25) is 0 Å². The normalized spacial score (nSPS) is 25.3. The Hall–Kier alpha value is -0.530. The molecule has 2 nitrogen and oxygen atoms in total. The second-order valence-corrected chi connectivity index (χ2v) is 3.97. The summed E-state index contributed by atoms with van der Waals surface area (Å²) < 4.78 is 0. The molecule has 1 heterocycles. The minimum Gasteiger partial charge on any atom is -0.345 e. The monoisotopic (exact) mass is 155 g/mol. The van der Waals surface area contributed by atoms with E-state index in [1.165, 1.54) is 6.42 Å². The molecule has 0 aromatic carbocycles. The van der Waals surface area contributed by atoms with Crippen LogP contribution in [-0.4, -0.2) is 24.4 Å². The fourth-order valence-electron chi connectivity index (χ4n) is 1.78. The molecule has 0 aromatic rings. The van der Waals surface area contributed by atoms with Gasteiger partial charge in [-0.2, -0.15) is 0 Å². The lowest BCUT2D eigenvalue weighted by Gasteiger charge is -2.11. The molecule has 11 heavy (non-hydrogen) atoms. The van der Waals surface area contributed by atoms with Crippen LogP contribution in [0, 0.1) is 11.8 Å². The number of nitrogens with zero attached hydrogens (tertiary/aromatic N) is 1. The topological polar surface area (TPSA) is 20.3 Å². The number of likely N-dealkylation sites (tertiary alicyclic amines) is 1. The maximum absolute atomic E-state index is 11.1. The van der Waals surface area contributed by atoms with E-state index < -0.39 is 0 Å². The predicted octanol–water partition coefficient (Wildman–Crippen LogP) is 1.51. The molecule has 0 N–H and O–H groups in total. The first-order valence-electron chi connectivity index (χ1n) is 4.33. The fraction of sp³-hybridized carbons (Fsp3) is 0.889. The first kappa shape index (κ1) is 8.57. The lowest BCUT2D eigenvalue weighted by molar-refractivity contribution is -0.126. The van der Waals surface area contributed by atoms with Crippen molar-refractivity contribution >= 4 is 5.91 Å². The molecule has 0 bridgehead atoms. The molecule has 1 aliphatic rings. The molecule has 0 saturated carbocycles. The van der Waals surface area contributed by atoms with Gasteiger partial charge in [0, 0.05) is 20.0 Å². The quantitative estimate of drug-likeness (QED) is 0.592. The number of carbonyl (C=O) groups is 1. The van der Waals surface area contributed by atoms with Crippen molar-refractivity contribution in [1.29, 1.82) is 0 Å². The zero-order chi connectivity index (χ0) is 8.43. The van der Waals surface area contributed by atoms with E-state index in [-0.39, 0.29) is 0 Å². The number of hydrogen-bond donors (Lipinski definition) is 0. The van der Waals surface area contributed by atoms with Crippen LogP contribution in [0.25, 0.3) is 0 Å². The summed E-state index contributed by atoms with van der Waals surface area (Å²) in [6.07, 6.45) is 1.96. The van der Waals surface area contributed by atoms with Crippen molar-refractivity contribution in [2.45, 2.75) is 26.7 Å². The Morgan fingerprint density at radius 3 is 2.64 bits per heavy atom. The summed E-state index contributed by atoms with van der Waals surface area (Å²) in [5, 5.41) is 0. The second-order valence-electron chi connectivity index (χ2n) is 3.97. The summed E-state index contributed by atoms with van der Waals surface area (Å²) in [6, 6.07) is 0. The van der Waals surface area contributed by atoms with Crippen LogP contribution in [0.4, 0.5) is 0 Å². The van der Waals surface area contributed by atoms with Gasteiger partial charge in [-0.15, -0.1) is 0 Å². The smallest absolute Gasteiger partial charge is 0.222 e. The van der Waals surface area contributed by atoms with E-state index in [0.29, 0.717) is 11.8 Å². The van der Waals surface area contributed by atoms with Gasteiger partial charge in [0.2, 0.25) is 5.91 Å². The van der Waals surface area contributed by atoms with Crippen LogP contribution in [0.5, 0.6) is 0 Å². The molecule has 0 aliphatic carbocycles. The Balaban J connectivity index is 2.35. The maximum atomic E-state index is 11.1. The molecule has 0 aromatic heterocycles. The summed E-state index contributed by atoms with van der Waals surface area (Å²) in [7, 11) is 1.89. The molecule has 1 rings (SSSR count). The Labute approximate surface area is 68.6 Å². The molecule has 0 radical (unpaired) electrons. The second kappa shape index (κ2) is 3.24. The van der Waals surface area contributed by atoms with Gasteiger partial charge in [-0.05, 0) is 18.3 Å².